The van der Waals surface area contributed by atoms with Gasteiger partial charge in [-0.15, -0.1) is 0 Å². The topological polar surface area (TPSA) is 49.6 Å². The van der Waals surface area contributed by atoms with E-state index in [0.29, 0.717) is 24.5 Å². The molecular formula is C12H23N3OS. The highest BCUT2D eigenvalue weighted by atomic mass is 32.1. The summed E-state index contributed by atoms with van der Waals surface area (Å²) in [5, 5.41) is 0. The number of thiocarbonyl (C=S) groups is 1. The van der Waals surface area contributed by atoms with E-state index >= 15 is 0 Å². The van der Waals surface area contributed by atoms with Crippen LogP contribution in [0.25, 0.3) is 0 Å². The van der Waals surface area contributed by atoms with Gasteiger partial charge in [-0.05, 0) is 25.3 Å². The predicted molar refractivity (Wildman–Crippen MR) is 73.8 cm³/mol. The molecule has 1 rings (SSSR count). The van der Waals surface area contributed by atoms with Crippen LogP contribution in [0, 0.1) is 11.8 Å². The minimum Gasteiger partial charge on any atom is -0.393 e. The zero-order chi connectivity index (χ0) is 13.0. The molecule has 17 heavy (non-hydrogen) atoms. The van der Waals surface area contributed by atoms with Gasteiger partial charge in [-0.3, -0.25) is 9.69 Å². The fourth-order valence-corrected chi connectivity index (χ4v) is 1.96. The molecule has 0 heterocycles. The van der Waals surface area contributed by atoms with Crippen LogP contribution in [0.1, 0.15) is 19.8 Å². The Labute approximate surface area is 109 Å². The van der Waals surface area contributed by atoms with Crippen LogP contribution in [0.3, 0.4) is 0 Å². The third kappa shape index (κ3) is 5.46. The van der Waals surface area contributed by atoms with Gasteiger partial charge in [0.2, 0.25) is 5.91 Å². The Bertz CT molecular complexity index is 295. The monoisotopic (exact) mass is 257 g/mol. The van der Waals surface area contributed by atoms with E-state index in [1.54, 1.807) is 11.9 Å². The molecule has 0 aromatic rings. The van der Waals surface area contributed by atoms with Crippen molar-refractivity contribution in [3.8, 4) is 0 Å². The van der Waals surface area contributed by atoms with Crippen molar-refractivity contribution in [2.75, 3.05) is 33.7 Å². The maximum absolute atomic E-state index is 11.8. The van der Waals surface area contributed by atoms with Crippen molar-refractivity contribution in [2.45, 2.75) is 19.8 Å². The molecule has 1 fully saturated rings. The molecule has 0 radical (unpaired) electrons. The highest BCUT2D eigenvalue weighted by molar-refractivity contribution is 7.80. The molecule has 0 saturated heterocycles. The average molecular weight is 257 g/mol. The molecule has 2 atom stereocenters. The molecule has 1 saturated carbocycles. The van der Waals surface area contributed by atoms with E-state index in [0.717, 1.165) is 18.4 Å². The Morgan fingerprint density at radius 3 is 2.53 bits per heavy atom. The summed E-state index contributed by atoms with van der Waals surface area (Å²) in [4.78, 5) is 16.1. The van der Waals surface area contributed by atoms with Crippen molar-refractivity contribution in [1.29, 1.82) is 0 Å². The first-order valence-corrected chi connectivity index (χ1v) is 6.51. The first kappa shape index (κ1) is 14.4. The highest BCUT2D eigenvalue weighted by Crippen LogP contribution is 2.37. The third-order valence-electron chi connectivity index (χ3n) is 3.35. The lowest BCUT2D eigenvalue weighted by Crippen LogP contribution is -2.38. The first-order valence-electron chi connectivity index (χ1n) is 6.11. The number of carbonyl (C=O) groups is 1. The molecule has 5 heteroatoms. The van der Waals surface area contributed by atoms with Crippen LogP contribution in [-0.2, 0) is 4.79 Å². The summed E-state index contributed by atoms with van der Waals surface area (Å²) in [6.45, 7) is 4.38. The van der Waals surface area contributed by atoms with E-state index in [4.69, 9.17) is 18.0 Å². The molecule has 98 valence electrons. The lowest BCUT2D eigenvalue weighted by Gasteiger charge is -2.21. The number of nitrogens with two attached hydrogens (primary N) is 1. The number of amides is 1. The van der Waals surface area contributed by atoms with Gasteiger partial charge in [0.05, 0.1) is 11.5 Å². The molecule has 0 aromatic carbocycles. The van der Waals surface area contributed by atoms with Crippen molar-refractivity contribution in [3.63, 3.8) is 0 Å². The van der Waals surface area contributed by atoms with Gasteiger partial charge in [-0.1, -0.05) is 19.1 Å². The summed E-state index contributed by atoms with van der Waals surface area (Å²) in [6, 6.07) is 0. The van der Waals surface area contributed by atoms with Gasteiger partial charge < -0.3 is 10.6 Å². The minimum atomic E-state index is 0.136. The molecular weight excluding hydrogens is 234 g/mol. The number of nitrogens with zero attached hydrogens (tertiary/aromatic N) is 2. The molecule has 1 aliphatic rings. The summed E-state index contributed by atoms with van der Waals surface area (Å²) < 4.78 is 0. The fourth-order valence-electron chi connectivity index (χ4n) is 1.87. The van der Waals surface area contributed by atoms with Gasteiger partial charge in [0.25, 0.3) is 0 Å². The van der Waals surface area contributed by atoms with Crippen LogP contribution >= 0.6 is 12.2 Å². The van der Waals surface area contributed by atoms with Crippen molar-refractivity contribution in [3.05, 3.63) is 0 Å². The molecule has 0 aromatic heterocycles. The standard InChI is InChI=1S/C12H23N3OS/c1-9-6-10(9)7-14(2)8-12(16)15(3)5-4-11(13)17/h9-10H,4-8H2,1-3H3,(H2,13,17). The fraction of sp³-hybridized carbons (Fsp3) is 0.833. The van der Waals surface area contributed by atoms with E-state index in [1.807, 2.05) is 7.05 Å². The van der Waals surface area contributed by atoms with Gasteiger partial charge in [0.1, 0.15) is 0 Å². The van der Waals surface area contributed by atoms with E-state index in [1.165, 1.54) is 6.42 Å². The number of carbonyl (C=O) groups excluding carboxylic acids is 1. The summed E-state index contributed by atoms with van der Waals surface area (Å²) >= 11 is 4.80. The molecule has 1 aliphatic carbocycles. The zero-order valence-corrected chi connectivity index (χ0v) is 11.8. The molecule has 2 unspecified atom stereocenters. The Hall–Kier alpha value is -0.680. The summed E-state index contributed by atoms with van der Waals surface area (Å²) in [5.41, 5.74) is 5.41. The third-order valence-corrected chi connectivity index (χ3v) is 3.55. The van der Waals surface area contributed by atoms with Gasteiger partial charge in [0, 0.05) is 26.6 Å². The van der Waals surface area contributed by atoms with Gasteiger partial charge >= 0.3 is 0 Å². The van der Waals surface area contributed by atoms with Crippen LogP contribution in [0.5, 0.6) is 0 Å². The molecule has 0 bridgehead atoms. The van der Waals surface area contributed by atoms with E-state index in [2.05, 4.69) is 11.8 Å². The van der Waals surface area contributed by atoms with Crippen LogP contribution in [0.2, 0.25) is 0 Å². The van der Waals surface area contributed by atoms with Crippen LogP contribution < -0.4 is 5.73 Å². The number of hydrogen-bond acceptors (Lipinski definition) is 3. The minimum absolute atomic E-state index is 0.136. The quantitative estimate of drug-likeness (QED) is 0.682. The van der Waals surface area contributed by atoms with Crippen molar-refractivity contribution >= 4 is 23.1 Å². The largest absolute Gasteiger partial charge is 0.393 e. The summed E-state index contributed by atoms with van der Waals surface area (Å²) in [6.07, 6.45) is 1.90. The maximum Gasteiger partial charge on any atom is 0.236 e. The molecule has 0 aliphatic heterocycles. The number of hydrogen-bond donors (Lipinski definition) is 1. The van der Waals surface area contributed by atoms with Crippen LogP contribution in [0.4, 0.5) is 0 Å². The second kappa shape index (κ2) is 6.31. The van der Waals surface area contributed by atoms with E-state index in [9.17, 15) is 4.79 Å². The van der Waals surface area contributed by atoms with Crippen molar-refractivity contribution in [2.24, 2.45) is 17.6 Å². The molecule has 0 spiro atoms. The SMILES string of the molecule is CC1CC1CN(C)CC(=O)N(C)CCC(N)=S. The second-order valence-electron chi connectivity index (χ2n) is 5.20. The van der Waals surface area contributed by atoms with Gasteiger partial charge in [-0.25, -0.2) is 0 Å². The van der Waals surface area contributed by atoms with Crippen molar-refractivity contribution in [1.82, 2.24) is 9.80 Å². The lowest BCUT2D eigenvalue weighted by atomic mass is 10.3. The first-order chi connectivity index (χ1) is 7.90. The highest BCUT2D eigenvalue weighted by Gasteiger charge is 2.33. The van der Waals surface area contributed by atoms with Gasteiger partial charge in [0.15, 0.2) is 0 Å². The predicted octanol–water partition coefficient (Wildman–Crippen LogP) is 0.709. The summed E-state index contributed by atoms with van der Waals surface area (Å²) in [5.74, 6) is 1.76. The zero-order valence-electron chi connectivity index (χ0n) is 11.0. The van der Waals surface area contributed by atoms with Gasteiger partial charge in [-0.2, -0.15) is 0 Å². The normalized spacial score (nSPS) is 22.6. The summed E-state index contributed by atoms with van der Waals surface area (Å²) in [7, 11) is 3.80. The molecule has 4 nitrogen and oxygen atoms in total. The second-order valence-corrected chi connectivity index (χ2v) is 5.73. The van der Waals surface area contributed by atoms with Crippen LogP contribution in [-0.4, -0.2) is 54.4 Å². The van der Waals surface area contributed by atoms with Crippen molar-refractivity contribution < 1.29 is 4.79 Å². The number of likely N-dealkylation sites (N-methyl/N-ethyl adjacent to an activating group) is 2. The number of rotatable bonds is 7. The Morgan fingerprint density at radius 2 is 2.06 bits per heavy atom. The average Bonchev–Trinajstić information content (AvgIpc) is 2.90. The Kier molecular flexibility index (Phi) is 5.33. The van der Waals surface area contributed by atoms with E-state index < -0.39 is 0 Å². The Balaban J connectivity index is 2.20. The van der Waals surface area contributed by atoms with Crippen LogP contribution in [0.15, 0.2) is 0 Å². The smallest absolute Gasteiger partial charge is 0.236 e. The van der Waals surface area contributed by atoms with E-state index in [-0.39, 0.29) is 5.91 Å². The maximum atomic E-state index is 11.8. The molecule has 2 N–H and O–H groups in total. The molecule has 1 amide bonds. The Morgan fingerprint density at radius 1 is 1.47 bits per heavy atom. The lowest BCUT2D eigenvalue weighted by molar-refractivity contribution is -0.130.